The fourth-order valence-corrected chi connectivity index (χ4v) is 2.41. The Bertz CT molecular complexity index is 599. The van der Waals surface area contributed by atoms with Crippen LogP contribution >= 0.6 is 11.6 Å². The highest BCUT2D eigenvalue weighted by molar-refractivity contribution is 6.30. The molecule has 1 aromatic carbocycles. The molecule has 0 spiro atoms. The van der Waals surface area contributed by atoms with Crippen LogP contribution in [0.5, 0.6) is 0 Å². The van der Waals surface area contributed by atoms with E-state index in [2.05, 4.69) is 27.9 Å². The van der Waals surface area contributed by atoms with Gasteiger partial charge in [-0.15, -0.1) is 0 Å². The Hall–Kier alpha value is -1.32. The van der Waals surface area contributed by atoms with Gasteiger partial charge >= 0.3 is 0 Å². The zero-order chi connectivity index (χ0) is 13.4. The van der Waals surface area contributed by atoms with Gasteiger partial charge in [0.1, 0.15) is 0 Å². The number of nitrogens with one attached hydrogen (secondary N) is 1. The van der Waals surface area contributed by atoms with Crippen LogP contribution in [-0.2, 0) is 6.54 Å². The van der Waals surface area contributed by atoms with E-state index in [1.54, 1.807) is 0 Å². The topological polar surface area (TPSA) is 29.9 Å². The molecule has 0 amide bonds. The van der Waals surface area contributed by atoms with Gasteiger partial charge in [0.15, 0.2) is 0 Å². The average molecular weight is 276 g/mol. The molecular formula is C15H18ClN3. The van der Waals surface area contributed by atoms with Crippen LogP contribution in [0.4, 0.5) is 0 Å². The molecule has 0 saturated heterocycles. The van der Waals surface area contributed by atoms with Crippen LogP contribution in [-0.4, -0.2) is 15.6 Å². The smallest absolute Gasteiger partial charge is 0.0997 e. The number of rotatable bonds is 4. The molecule has 1 N–H and O–H groups in total. The van der Waals surface area contributed by atoms with Crippen LogP contribution in [0.1, 0.15) is 29.8 Å². The second-order valence-electron chi connectivity index (χ2n) is 5.21. The minimum absolute atomic E-state index is 0.692. The minimum Gasteiger partial charge on any atom is -0.310 e. The lowest BCUT2D eigenvalue weighted by Crippen LogP contribution is -2.17. The van der Waals surface area contributed by atoms with Crippen molar-refractivity contribution in [1.82, 2.24) is 14.9 Å². The molecule has 3 rings (SSSR count). The maximum absolute atomic E-state index is 6.13. The molecule has 1 heterocycles. The van der Waals surface area contributed by atoms with Gasteiger partial charge in [-0.1, -0.05) is 11.6 Å². The highest BCUT2D eigenvalue weighted by Gasteiger charge is 2.21. The molecule has 1 saturated carbocycles. The number of aryl methyl sites for hydroxylation is 1. The Balaban J connectivity index is 1.96. The molecule has 19 heavy (non-hydrogen) atoms. The van der Waals surface area contributed by atoms with Crippen molar-refractivity contribution >= 4 is 11.6 Å². The Morgan fingerprint density at radius 2 is 2.16 bits per heavy atom. The maximum atomic E-state index is 6.13. The number of aromatic nitrogens is 2. The Morgan fingerprint density at radius 3 is 2.79 bits per heavy atom. The molecule has 1 aliphatic rings. The van der Waals surface area contributed by atoms with Crippen LogP contribution < -0.4 is 5.32 Å². The van der Waals surface area contributed by atoms with Gasteiger partial charge in [0.25, 0.3) is 0 Å². The number of nitrogens with zero attached hydrogens (tertiary/aromatic N) is 2. The van der Waals surface area contributed by atoms with Crippen molar-refractivity contribution in [2.24, 2.45) is 0 Å². The third-order valence-corrected chi connectivity index (χ3v) is 3.95. The van der Waals surface area contributed by atoms with Crippen molar-refractivity contribution in [2.75, 3.05) is 0 Å². The summed E-state index contributed by atoms with van der Waals surface area (Å²) in [6, 6.07) is 6.74. The SMILES string of the molecule is Cc1ncn(-c2ccc(Cl)cc2CNC2CC2)c1C. The zero-order valence-corrected chi connectivity index (χ0v) is 12.0. The second kappa shape index (κ2) is 4.99. The second-order valence-corrected chi connectivity index (χ2v) is 5.65. The number of hydrogen-bond acceptors (Lipinski definition) is 2. The van der Waals surface area contributed by atoms with Gasteiger partial charge in [-0.05, 0) is 50.5 Å². The summed E-state index contributed by atoms with van der Waals surface area (Å²) in [5.41, 5.74) is 4.63. The molecule has 1 aromatic heterocycles. The predicted octanol–water partition coefficient (Wildman–Crippen LogP) is 3.39. The summed E-state index contributed by atoms with van der Waals surface area (Å²) in [6.45, 7) is 4.98. The van der Waals surface area contributed by atoms with Crippen LogP contribution in [0, 0.1) is 13.8 Å². The standard InChI is InChI=1S/C15H18ClN3/c1-10-11(2)19(9-18-10)15-6-3-13(16)7-12(15)8-17-14-4-5-14/h3,6-7,9,14,17H,4-5,8H2,1-2H3. The first-order chi connectivity index (χ1) is 9.15. The van der Waals surface area contributed by atoms with Gasteiger partial charge in [-0.3, -0.25) is 0 Å². The van der Waals surface area contributed by atoms with Crippen molar-refractivity contribution in [1.29, 1.82) is 0 Å². The van der Waals surface area contributed by atoms with Crippen molar-refractivity contribution < 1.29 is 0 Å². The van der Waals surface area contributed by atoms with Crippen LogP contribution in [0.25, 0.3) is 5.69 Å². The van der Waals surface area contributed by atoms with Crippen molar-refractivity contribution in [2.45, 2.75) is 39.3 Å². The van der Waals surface area contributed by atoms with Crippen molar-refractivity contribution in [3.8, 4) is 5.69 Å². The summed E-state index contributed by atoms with van der Waals surface area (Å²) in [4.78, 5) is 4.37. The molecule has 0 aliphatic heterocycles. The minimum atomic E-state index is 0.692. The number of benzene rings is 1. The number of hydrogen-bond donors (Lipinski definition) is 1. The van der Waals surface area contributed by atoms with E-state index in [4.69, 9.17) is 11.6 Å². The summed E-state index contributed by atoms with van der Waals surface area (Å²) >= 11 is 6.13. The lowest BCUT2D eigenvalue weighted by atomic mass is 10.1. The predicted molar refractivity (Wildman–Crippen MR) is 77.9 cm³/mol. The molecule has 2 aromatic rings. The van der Waals surface area contributed by atoms with Crippen LogP contribution in [0.2, 0.25) is 5.02 Å². The van der Waals surface area contributed by atoms with Gasteiger partial charge in [-0.2, -0.15) is 0 Å². The Labute approximate surface area is 118 Å². The van der Waals surface area contributed by atoms with Crippen LogP contribution in [0.15, 0.2) is 24.5 Å². The molecule has 0 unspecified atom stereocenters. The average Bonchev–Trinajstić information content (AvgIpc) is 3.16. The third kappa shape index (κ3) is 2.67. The van der Waals surface area contributed by atoms with E-state index in [0.717, 1.165) is 22.9 Å². The van der Waals surface area contributed by atoms with Crippen LogP contribution in [0.3, 0.4) is 0 Å². The van der Waals surface area contributed by atoms with E-state index in [1.165, 1.54) is 24.1 Å². The maximum Gasteiger partial charge on any atom is 0.0997 e. The van der Waals surface area contributed by atoms with E-state index < -0.39 is 0 Å². The van der Waals surface area contributed by atoms with Gasteiger partial charge in [-0.25, -0.2) is 4.98 Å². The molecule has 100 valence electrons. The van der Waals surface area contributed by atoms with E-state index in [0.29, 0.717) is 6.04 Å². The number of halogens is 1. The molecule has 1 fully saturated rings. The van der Waals surface area contributed by atoms with E-state index in [1.807, 2.05) is 25.4 Å². The fraction of sp³-hybridized carbons (Fsp3) is 0.400. The molecule has 0 atom stereocenters. The van der Waals surface area contributed by atoms with Gasteiger partial charge < -0.3 is 9.88 Å². The first kappa shape index (κ1) is 12.7. The largest absolute Gasteiger partial charge is 0.310 e. The lowest BCUT2D eigenvalue weighted by molar-refractivity contribution is 0.684. The lowest BCUT2D eigenvalue weighted by Gasteiger charge is -2.13. The quantitative estimate of drug-likeness (QED) is 0.927. The van der Waals surface area contributed by atoms with E-state index >= 15 is 0 Å². The van der Waals surface area contributed by atoms with E-state index in [9.17, 15) is 0 Å². The Kier molecular flexibility index (Phi) is 3.33. The fourth-order valence-electron chi connectivity index (χ4n) is 2.21. The van der Waals surface area contributed by atoms with Crippen molar-refractivity contribution in [3.63, 3.8) is 0 Å². The molecule has 4 heteroatoms. The van der Waals surface area contributed by atoms with Crippen molar-refractivity contribution in [3.05, 3.63) is 46.5 Å². The summed E-state index contributed by atoms with van der Waals surface area (Å²) < 4.78 is 2.13. The molecular weight excluding hydrogens is 258 g/mol. The zero-order valence-electron chi connectivity index (χ0n) is 11.3. The third-order valence-electron chi connectivity index (χ3n) is 3.71. The highest BCUT2D eigenvalue weighted by Crippen LogP contribution is 2.24. The summed E-state index contributed by atoms with van der Waals surface area (Å²) in [5.74, 6) is 0. The highest BCUT2D eigenvalue weighted by atomic mass is 35.5. The number of imidazole rings is 1. The van der Waals surface area contributed by atoms with Gasteiger partial charge in [0.05, 0.1) is 17.7 Å². The van der Waals surface area contributed by atoms with Gasteiger partial charge in [0.2, 0.25) is 0 Å². The Morgan fingerprint density at radius 1 is 1.37 bits per heavy atom. The summed E-state index contributed by atoms with van der Waals surface area (Å²) in [7, 11) is 0. The normalized spacial score (nSPS) is 14.9. The first-order valence-corrected chi connectivity index (χ1v) is 7.05. The monoisotopic (exact) mass is 275 g/mol. The summed E-state index contributed by atoms with van der Waals surface area (Å²) in [5, 5.41) is 4.33. The molecule has 3 nitrogen and oxygen atoms in total. The summed E-state index contributed by atoms with van der Waals surface area (Å²) in [6.07, 6.45) is 4.47. The first-order valence-electron chi connectivity index (χ1n) is 6.68. The van der Waals surface area contributed by atoms with E-state index in [-0.39, 0.29) is 0 Å². The molecule has 0 radical (unpaired) electrons. The molecule has 1 aliphatic carbocycles. The molecule has 0 bridgehead atoms. The van der Waals surface area contributed by atoms with Gasteiger partial charge in [0, 0.05) is 23.3 Å².